The molecule has 9 heteroatoms. The van der Waals surface area contributed by atoms with E-state index in [0.29, 0.717) is 11.3 Å². The van der Waals surface area contributed by atoms with E-state index < -0.39 is 33.7 Å². The first-order chi connectivity index (χ1) is 12.2. The fourth-order valence-electron chi connectivity index (χ4n) is 2.45. The van der Waals surface area contributed by atoms with Crippen LogP contribution in [0.4, 0.5) is 10.5 Å². The number of rotatable bonds is 7. The van der Waals surface area contributed by atoms with Crippen LogP contribution in [0, 0.1) is 5.92 Å². The van der Waals surface area contributed by atoms with Gasteiger partial charge in [0.1, 0.15) is 11.6 Å². The lowest BCUT2D eigenvalue weighted by molar-refractivity contribution is -0.142. The molecule has 0 spiro atoms. The average molecular weight is 400 g/mol. The molecule has 1 aromatic carbocycles. The number of nitrogens with zero attached hydrogens (tertiary/aromatic N) is 1. The summed E-state index contributed by atoms with van der Waals surface area (Å²) >= 11 is 0. The van der Waals surface area contributed by atoms with E-state index >= 15 is 0 Å². The predicted molar refractivity (Wildman–Crippen MR) is 103 cm³/mol. The first-order valence-corrected chi connectivity index (χ1v) is 10.1. The first kappa shape index (κ1) is 22.9. The molecule has 1 atom stereocenters. The number of aliphatic carboxylic acids is 1. The maximum Gasteiger partial charge on any atom is 0.412 e. The molecule has 0 heterocycles. The summed E-state index contributed by atoms with van der Waals surface area (Å²) in [7, 11) is -2.55. The molecule has 0 saturated carbocycles. The molecule has 0 radical (unpaired) electrons. The normalized spacial score (nSPS) is 13.5. The van der Waals surface area contributed by atoms with E-state index in [1.165, 1.54) is 7.05 Å². The Morgan fingerprint density at radius 1 is 1.19 bits per heavy atom. The van der Waals surface area contributed by atoms with Gasteiger partial charge in [0.2, 0.25) is 10.0 Å². The molecule has 152 valence electrons. The molecule has 0 saturated heterocycles. The Morgan fingerprint density at radius 3 is 2.11 bits per heavy atom. The van der Waals surface area contributed by atoms with E-state index in [1.807, 2.05) is 0 Å². The Hall–Kier alpha value is -2.13. The minimum Gasteiger partial charge on any atom is -0.480 e. The van der Waals surface area contributed by atoms with Gasteiger partial charge in [-0.1, -0.05) is 26.0 Å². The molecular formula is C18H28N2O6S. The van der Waals surface area contributed by atoms with E-state index in [1.54, 1.807) is 58.9 Å². The minimum absolute atomic E-state index is 0.341. The fourth-order valence-corrected chi connectivity index (χ4v) is 3.95. The molecule has 2 N–H and O–H groups in total. The molecule has 27 heavy (non-hydrogen) atoms. The van der Waals surface area contributed by atoms with Crippen molar-refractivity contribution in [2.24, 2.45) is 5.92 Å². The lowest BCUT2D eigenvalue weighted by atomic mass is 10.1. The number of carbonyl (C=O) groups is 2. The number of carboxylic acid groups (broad SMARTS) is 1. The van der Waals surface area contributed by atoms with Crippen molar-refractivity contribution in [3.05, 3.63) is 29.8 Å². The van der Waals surface area contributed by atoms with Gasteiger partial charge >= 0.3 is 12.1 Å². The maximum atomic E-state index is 12.5. The van der Waals surface area contributed by atoms with E-state index in [2.05, 4.69) is 5.32 Å². The van der Waals surface area contributed by atoms with Crippen molar-refractivity contribution in [2.45, 2.75) is 52.0 Å². The molecule has 0 bridgehead atoms. The van der Waals surface area contributed by atoms with Crippen molar-refractivity contribution in [1.29, 1.82) is 0 Å². The summed E-state index contributed by atoms with van der Waals surface area (Å²) in [6.45, 7) is 8.56. The molecule has 0 aliphatic carbocycles. The summed E-state index contributed by atoms with van der Waals surface area (Å²) in [5, 5.41) is 11.8. The number of ether oxygens (including phenoxy) is 1. The Labute approximate surface area is 160 Å². The third-order valence-electron chi connectivity index (χ3n) is 3.66. The number of anilines is 1. The van der Waals surface area contributed by atoms with Gasteiger partial charge in [0.25, 0.3) is 0 Å². The van der Waals surface area contributed by atoms with Crippen molar-refractivity contribution in [3.8, 4) is 0 Å². The number of amides is 1. The van der Waals surface area contributed by atoms with Crippen LogP contribution in [-0.2, 0) is 25.3 Å². The SMILES string of the molecule is CC(C)[C@H](C(=O)O)N(C)S(=O)(=O)Cc1ccc(NC(=O)OC(C)(C)C)cc1. The highest BCUT2D eigenvalue weighted by Gasteiger charge is 2.33. The van der Waals surface area contributed by atoms with Crippen LogP contribution in [0.3, 0.4) is 0 Å². The van der Waals surface area contributed by atoms with Gasteiger partial charge < -0.3 is 9.84 Å². The number of hydrogen-bond acceptors (Lipinski definition) is 5. The number of carbonyl (C=O) groups excluding carboxylic acids is 1. The number of sulfonamides is 1. The van der Waals surface area contributed by atoms with Crippen molar-refractivity contribution in [3.63, 3.8) is 0 Å². The standard InChI is InChI=1S/C18H28N2O6S/c1-12(2)15(16(21)22)20(6)27(24,25)11-13-7-9-14(10-8-13)19-17(23)26-18(3,4)5/h7-10,12,15H,11H2,1-6H3,(H,19,23)(H,21,22)/t15-/m1/s1. The Morgan fingerprint density at radius 2 is 1.70 bits per heavy atom. The van der Waals surface area contributed by atoms with Gasteiger partial charge in [-0.25, -0.2) is 13.2 Å². The number of nitrogens with one attached hydrogen (secondary N) is 1. The zero-order valence-corrected chi connectivity index (χ0v) is 17.3. The molecule has 0 aliphatic rings. The topological polar surface area (TPSA) is 113 Å². The Kier molecular flexibility index (Phi) is 7.39. The fraction of sp³-hybridized carbons (Fsp3) is 0.556. The Balaban J connectivity index is 2.84. The van der Waals surface area contributed by atoms with Crippen LogP contribution >= 0.6 is 0 Å². The van der Waals surface area contributed by atoms with Gasteiger partial charge in [0.15, 0.2) is 0 Å². The van der Waals surface area contributed by atoms with Crippen molar-refractivity contribution >= 4 is 27.8 Å². The zero-order valence-electron chi connectivity index (χ0n) is 16.5. The van der Waals surface area contributed by atoms with Crippen LogP contribution in [0.25, 0.3) is 0 Å². The lowest BCUT2D eigenvalue weighted by Crippen LogP contribution is -2.46. The number of benzene rings is 1. The quantitative estimate of drug-likeness (QED) is 0.728. The van der Waals surface area contributed by atoms with Crippen LogP contribution < -0.4 is 5.32 Å². The highest BCUT2D eigenvalue weighted by atomic mass is 32.2. The van der Waals surface area contributed by atoms with Gasteiger partial charge in [-0.05, 0) is 44.4 Å². The monoisotopic (exact) mass is 400 g/mol. The molecule has 1 aromatic rings. The summed E-state index contributed by atoms with van der Waals surface area (Å²) in [5.74, 6) is -1.90. The summed E-state index contributed by atoms with van der Waals surface area (Å²) in [4.78, 5) is 23.1. The van der Waals surface area contributed by atoms with E-state index in [-0.39, 0.29) is 11.7 Å². The summed E-state index contributed by atoms with van der Waals surface area (Å²) in [6, 6.07) is 5.10. The molecule has 8 nitrogen and oxygen atoms in total. The number of likely N-dealkylation sites (N-methyl/N-ethyl adjacent to an activating group) is 1. The average Bonchev–Trinajstić information content (AvgIpc) is 2.46. The van der Waals surface area contributed by atoms with Crippen LogP contribution in [0.2, 0.25) is 0 Å². The Bertz CT molecular complexity index is 766. The van der Waals surface area contributed by atoms with Crippen molar-refractivity contribution in [1.82, 2.24) is 4.31 Å². The first-order valence-electron chi connectivity index (χ1n) is 8.50. The molecule has 0 aromatic heterocycles. The van der Waals surface area contributed by atoms with Crippen LogP contribution in [0.5, 0.6) is 0 Å². The predicted octanol–water partition coefficient (Wildman–Crippen LogP) is 2.90. The number of carboxylic acids is 1. The lowest BCUT2D eigenvalue weighted by Gasteiger charge is -2.27. The van der Waals surface area contributed by atoms with Gasteiger partial charge in [-0.2, -0.15) is 4.31 Å². The molecule has 0 aliphatic heterocycles. The van der Waals surface area contributed by atoms with E-state index in [4.69, 9.17) is 4.74 Å². The van der Waals surface area contributed by atoms with Gasteiger partial charge in [0, 0.05) is 12.7 Å². The maximum absolute atomic E-state index is 12.5. The van der Waals surface area contributed by atoms with E-state index in [0.717, 1.165) is 4.31 Å². The molecule has 1 amide bonds. The molecule has 1 rings (SSSR count). The summed E-state index contributed by atoms with van der Waals surface area (Å²) in [6.07, 6.45) is -0.608. The molecular weight excluding hydrogens is 372 g/mol. The molecule has 0 unspecified atom stereocenters. The van der Waals surface area contributed by atoms with Gasteiger partial charge in [-0.15, -0.1) is 0 Å². The largest absolute Gasteiger partial charge is 0.480 e. The second-order valence-electron chi connectivity index (χ2n) is 7.62. The second kappa shape index (κ2) is 8.71. The summed E-state index contributed by atoms with van der Waals surface area (Å²) < 4.78 is 31.1. The van der Waals surface area contributed by atoms with Crippen LogP contribution in [0.15, 0.2) is 24.3 Å². The second-order valence-corrected chi connectivity index (χ2v) is 9.65. The van der Waals surface area contributed by atoms with E-state index in [9.17, 15) is 23.1 Å². The van der Waals surface area contributed by atoms with Crippen LogP contribution in [0.1, 0.15) is 40.2 Å². The molecule has 0 fully saturated rings. The van der Waals surface area contributed by atoms with Gasteiger partial charge in [-0.3, -0.25) is 10.1 Å². The van der Waals surface area contributed by atoms with Gasteiger partial charge in [0.05, 0.1) is 5.75 Å². The zero-order chi connectivity index (χ0) is 21.0. The van der Waals surface area contributed by atoms with Crippen molar-refractivity contribution in [2.75, 3.05) is 12.4 Å². The third-order valence-corrected chi connectivity index (χ3v) is 5.47. The smallest absolute Gasteiger partial charge is 0.412 e. The highest BCUT2D eigenvalue weighted by Crippen LogP contribution is 2.19. The summed E-state index contributed by atoms with van der Waals surface area (Å²) in [5.41, 5.74) is 0.314. The third kappa shape index (κ3) is 7.18. The van der Waals surface area contributed by atoms with Crippen molar-refractivity contribution < 1.29 is 27.9 Å². The minimum atomic E-state index is -3.82. The highest BCUT2D eigenvalue weighted by molar-refractivity contribution is 7.88. The van der Waals surface area contributed by atoms with Crippen LogP contribution in [-0.4, -0.2) is 48.6 Å². The number of hydrogen-bond donors (Lipinski definition) is 2.